The first kappa shape index (κ1) is 20.7. The number of anilines is 1. The quantitative estimate of drug-likeness (QED) is 0.538. The highest BCUT2D eigenvalue weighted by atomic mass is 35.5. The monoisotopic (exact) mass is 415 g/mol. The van der Waals surface area contributed by atoms with E-state index in [1.54, 1.807) is 24.4 Å². The largest absolute Gasteiger partial charge is 0.543 e. The van der Waals surface area contributed by atoms with Crippen molar-refractivity contribution in [2.24, 2.45) is 0 Å². The average molecular weight is 416 g/mol. The number of β-amino-alcohol motifs (C(OH)–C–C–N with tert-alkyl or cyclic N) is 1. The molecule has 0 spiro atoms. The van der Waals surface area contributed by atoms with Crippen molar-refractivity contribution in [2.75, 3.05) is 18.0 Å². The molecule has 148 valence electrons. The van der Waals surface area contributed by atoms with Gasteiger partial charge in [-0.25, -0.2) is 9.83 Å². The Morgan fingerprint density at radius 1 is 1.25 bits per heavy atom. The first-order valence-corrected chi connectivity index (χ1v) is 12.5. The molecule has 0 unspecified atom stereocenters. The van der Waals surface area contributed by atoms with Crippen molar-refractivity contribution in [3.05, 3.63) is 58.5 Å². The molecule has 0 bridgehead atoms. The summed E-state index contributed by atoms with van der Waals surface area (Å²) in [6.07, 6.45) is 1.61. The molecule has 0 radical (unpaired) electrons. The smallest absolute Gasteiger partial charge is 0.250 e. The second kappa shape index (κ2) is 7.07. The van der Waals surface area contributed by atoms with Crippen LogP contribution in [0.3, 0.4) is 0 Å². The highest BCUT2D eigenvalue weighted by molar-refractivity contribution is 6.74. The Hall–Kier alpha value is -2.07. The fraction of sp³-hybridized carbons (Fsp3) is 0.429. The van der Waals surface area contributed by atoms with E-state index >= 15 is 0 Å². The molecule has 1 aliphatic rings. The molecular weight excluding hydrogens is 390 g/mol. The molecule has 1 aliphatic heterocycles. The van der Waals surface area contributed by atoms with E-state index in [2.05, 4.69) is 43.7 Å². The number of aliphatic hydroxyl groups is 1. The summed E-state index contributed by atoms with van der Waals surface area (Å²) < 4.78 is 6.31. The van der Waals surface area contributed by atoms with Crippen LogP contribution in [0.2, 0.25) is 23.2 Å². The van der Waals surface area contributed by atoms with Crippen molar-refractivity contribution in [1.82, 2.24) is 4.98 Å². The average Bonchev–Trinajstić information content (AvgIpc) is 2.58. The minimum Gasteiger partial charge on any atom is -0.543 e. The van der Waals surface area contributed by atoms with Gasteiger partial charge in [0.2, 0.25) is 8.32 Å². The van der Waals surface area contributed by atoms with Gasteiger partial charge in [0.25, 0.3) is 0 Å². The highest BCUT2D eigenvalue weighted by Crippen LogP contribution is 2.42. The molecule has 2 aromatic rings. The van der Waals surface area contributed by atoms with Gasteiger partial charge in [-0.2, -0.15) is 0 Å². The Balaban J connectivity index is 1.75. The van der Waals surface area contributed by atoms with Gasteiger partial charge in [0.15, 0.2) is 5.69 Å². The Bertz CT molecular complexity index is 928. The third kappa shape index (κ3) is 3.88. The molecule has 1 N–H and O–H groups in total. The zero-order valence-electron chi connectivity index (χ0n) is 17.0. The Kier molecular flexibility index (Phi) is 5.22. The number of hydrogen-bond acceptors (Lipinski definition) is 4. The molecule has 1 aromatic carbocycles. The molecule has 0 saturated carbocycles. The fourth-order valence-corrected chi connectivity index (χ4v) is 4.32. The summed E-state index contributed by atoms with van der Waals surface area (Å²) in [4.78, 5) is 9.65. The lowest BCUT2D eigenvalue weighted by Gasteiger charge is -2.48. The molecule has 7 heteroatoms. The van der Waals surface area contributed by atoms with Crippen molar-refractivity contribution in [3.8, 4) is 5.75 Å². The van der Waals surface area contributed by atoms with E-state index in [0.717, 1.165) is 5.75 Å². The van der Waals surface area contributed by atoms with E-state index in [9.17, 15) is 5.11 Å². The topological polar surface area (TPSA) is 50.0 Å². The Morgan fingerprint density at radius 3 is 2.50 bits per heavy atom. The maximum atomic E-state index is 11.0. The summed E-state index contributed by atoms with van der Waals surface area (Å²) in [5.41, 5.74) is 0.183. The van der Waals surface area contributed by atoms with Crippen LogP contribution in [0, 0.1) is 6.57 Å². The molecule has 0 atom stereocenters. The third-order valence-corrected chi connectivity index (χ3v) is 10.4. The summed E-state index contributed by atoms with van der Waals surface area (Å²) in [6, 6.07) is 8.94. The van der Waals surface area contributed by atoms with Gasteiger partial charge in [0.1, 0.15) is 17.2 Å². The number of hydrogen-bond donors (Lipinski definition) is 1. The minimum absolute atomic E-state index is 0.0949. The molecule has 0 aliphatic carbocycles. The van der Waals surface area contributed by atoms with Gasteiger partial charge >= 0.3 is 0 Å². The number of aromatic nitrogens is 1. The molecule has 28 heavy (non-hydrogen) atoms. The first-order valence-electron chi connectivity index (χ1n) is 9.25. The zero-order valence-corrected chi connectivity index (χ0v) is 18.7. The van der Waals surface area contributed by atoms with E-state index in [1.165, 1.54) is 0 Å². The molecule has 1 aromatic heterocycles. The number of rotatable bonds is 4. The van der Waals surface area contributed by atoms with Crippen LogP contribution in [0.5, 0.6) is 5.75 Å². The second-order valence-corrected chi connectivity index (χ2v) is 14.0. The van der Waals surface area contributed by atoms with E-state index in [1.807, 2.05) is 17.0 Å². The van der Waals surface area contributed by atoms with Gasteiger partial charge in [0, 0.05) is 11.8 Å². The van der Waals surface area contributed by atoms with Crippen molar-refractivity contribution >= 4 is 31.4 Å². The van der Waals surface area contributed by atoms with Crippen molar-refractivity contribution < 1.29 is 9.53 Å². The summed E-state index contributed by atoms with van der Waals surface area (Å²) in [5.74, 6) is 1.43. The summed E-state index contributed by atoms with van der Waals surface area (Å²) in [6.45, 7) is 18.8. The van der Waals surface area contributed by atoms with Crippen LogP contribution in [0.25, 0.3) is 4.85 Å². The van der Waals surface area contributed by atoms with E-state index in [4.69, 9.17) is 22.6 Å². The van der Waals surface area contributed by atoms with Crippen molar-refractivity contribution in [3.63, 3.8) is 0 Å². The molecule has 2 heterocycles. The van der Waals surface area contributed by atoms with Crippen LogP contribution in [0.1, 0.15) is 26.3 Å². The van der Waals surface area contributed by atoms with Crippen molar-refractivity contribution in [2.45, 2.75) is 44.5 Å². The number of pyridine rings is 1. The van der Waals surface area contributed by atoms with Crippen LogP contribution in [0.15, 0.2) is 36.5 Å². The zero-order chi connectivity index (χ0) is 20.7. The van der Waals surface area contributed by atoms with Gasteiger partial charge in [-0.05, 0) is 42.4 Å². The maximum absolute atomic E-state index is 11.0. The van der Waals surface area contributed by atoms with Crippen molar-refractivity contribution in [1.29, 1.82) is 0 Å². The van der Waals surface area contributed by atoms with Gasteiger partial charge in [-0.3, -0.25) is 0 Å². The van der Waals surface area contributed by atoms with Gasteiger partial charge < -0.3 is 14.4 Å². The van der Waals surface area contributed by atoms with Crippen LogP contribution < -0.4 is 9.33 Å². The van der Waals surface area contributed by atoms with Gasteiger partial charge in [-0.15, -0.1) is 0 Å². The molecule has 1 fully saturated rings. The molecule has 5 nitrogen and oxygen atoms in total. The van der Waals surface area contributed by atoms with Gasteiger partial charge in [0.05, 0.1) is 24.7 Å². The summed E-state index contributed by atoms with van der Waals surface area (Å²) in [7, 11) is -1.95. The normalized spacial score (nSPS) is 16.3. The molecular formula is C21H26ClN3O2Si. The van der Waals surface area contributed by atoms with E-state index in [0.29, 0.717) is 35.2 Å². The summed E-state index contributed by atoms with van der Waals surface area (Å²) in [5, 5.41) is 11.6. The second-order valence-electron chi connectivity index (χ2n) is 8.88. The van der Waals surface area contributed by atoms with Crippen LogP contribution >= 0.6 is 11.6 Å². The predicted octanol–water partition coefficient (Wildman–Crippen LogP) is 5.38. The van der Waals surface area contributed by atoms with E-state index < -0.39 is 13.9 Å². The molecule has 1 saturated heterocycles. The molecule has 0 amide bonds. The van der Waals surface area contributed by atoms with Gasteiger partial charge in [-0.1, -0.05) is 38.4 Å². The Morgan fingerprint density at radius 2 is 1.93 bits per heavy atom. The number of halogens is 1. The van der Waals surface area contributed by atoms with Crippen LogP contribution in [-0.2, 0) is 5.60 Å². The SMILES string of the molecule is [C-]#[N+]c1ccnc(N2CC(O)(c3ccc(O[Si](C)(C)C(C)(C)C)cc3Cl)C2)c1. The van der Waals surface area contributed by atoms with Crippen LogP contribution in [-0.4, -0.2) is 31.5 Å². The lowest BCUT2D eigenvalue weighted by atomic mass is 9.86. The maximum Gasteiger partial charge on any atom is 0.250 e. The fourth-order valence-electron chi connectivity index (χ4n) is 2.95. The van der Waals surface area contributed by atoms with Crippen LogP contribution in [0.4, 0.5) is 11.5 Å². The Labute approximate surface area is 172 Å². The lowest BCUT2D eigenvalue weighted by Crippen LogP contribution is -2.60. The summed E-state index contributed by atoms with van der Waals surface area (Å²) >= 11 is 6.51. The van der Waals surface area contributed by atoms with E-state index in [-0.39, 0.29) is 5.04 Å². The first-order chi connectivity index (χ1) is 12.9. The lowest BCUT2D eigenvalue weighted by molar-refractivity contribution is 0.00715. The predicted molar refractivity (Wildman–Crippen MR) is 116 cm³/mol. The minimum atomic E-state index is -1.95. The standard InChI is InChI=1S/C21H26ClN3O2Si/c1-20(2,3)28(5,6)27-16-7-8-17(18(22)12-16)21(26)13-25(14-21)19-11-15(23-4)9-10-24-19/h7-12,26H,13-14H2,1-3,5-6H3. The molecule has 3 rings (SSSR count). The number of benzene rings is 1. The third-order valence-electron chi connectivity index (χ3n) is 5.71. The number of nitrogens with zero attached hydrogens (tertiary/aromatic N) is 3. The highest BCUT2D eigenvalue weighted by Gasteiger charge is 2.45.